The number of rotatable bonds is 7. The molecular weight excluding hydrogens is 464 g/mol. The van der Waals surface area contributed by atoms with Gasteiger partial charge in [-0.15, -0.1) is 0 Å². The zero-order valence-electron chi connectivity index (χ0n) is 20.9. The molecular formula is C27H33ClN4O3. The van der Waals surface area contributed by atoms with Crippen LogP contribution in [-0.4, -0.2) is 31.4 Å². The number of carbonyl (C=O) groups excluding carboxylic acids is 1. The standard InChI is InChI=1S/C27H33ClN4O3/c1-17-30-24(32(4)31-17)14-20-23(33)15-27(35-25(20)34,19-7-5-6-8-19)12-11-18-9-10-21(22(28)13-18)26(2,3)16-29/h9-10,13,19,33H,5-8,11-12,14-15H2,1-4H3. The van der Waals surface area contributed by atoms with E-state index in [1.54, 1.807) is 18.7 Å². The van der Waals surface area contributed by atoms with Crippen LogP contribution in [0.25, 0.3) is 0 Å². The van der Waals surface area contributed by atoms with Crippen molar-refractivity contribution in [3.8, 4) is 6.07 Å². The minimum absolute atomic E-state index is 0.0953. The van der Waals surface area contributed by atoms with Crippen LogP contribution in [0.5, 0.6) is 0 Å². The van der Waals surface area contributed by atoms with E-state index in [4.69, 9.17) is 16.3 Å². The predicted octanol–water partition coefficient (Wildman–Crippen LogP) is 5.44. The predicted molar refractivity (Wildman–Crippen MR) is 133 cm³/mol. The van der Waals surface area contributed by atoms with E-state index in [0.717, 1.165) is 36.8 Å². The molecule has 4 rings (SSSR count). The molecule has 1 unspecified atom stereocenters. The molecule has 0 bridgehead atoms. The molecule has 1 aromatic carbocycles. The van der Waals surface area contributed by atoms with Gasteiger partial charge in [0, 0.05) is 24.9 Å². The second-order valence-corrected chi connectivity index (χ2v) is 10.9. The summed E-state index contributed by atoms with van der Waals surface area (Å²) in [6.07, 6.45) is 5.91. The summed E-state index contributed by atoms with van der Waals surface area (Å²) in [6, 6.07) is 8.10. The Kier molecular flexibility index (Phi) is 6.97. The van der Waals surface area contributed by atoms with Gasteiger partial charge in [-0.25, -0.2) is 9.78 Å². The van der Waals surface area contributed by atoms with E-state index >= 15 is 0 Å². The SMILES string of the molecule is Cc1nc(CC2=C(O)CC(CCc3ccc(C(C)(C)C#N)c(Cl)c3)(C3CCCC3)OC2=O)n(C)n1. The van der Waals surface area contributed by atoms with E-state index in [1.165, 1.54) is 0 Å². The first-order valence-corrected chi connectivity index (χ1v) is 12.6. The van der Waals surface area contributed by atoms with Crippen LogP contribution in [0.15, 0.2) is 29.5 Å². The molecule has 2 heterocycles. The third-order valence-corrected chi connectivity index (χ3v) is 7.89. The van der Waals surface area contributed by atoms with Gasteiger partial charge in [0.25, 0.3) is 0 Å². The lowest BCUT2D eigenvalue weighted by atomic mass is 9.76. The Balaban J connectivity index is 1.58. The first-order chi connectivity index (χ1) is 16.5. The number of aryl methyl sites for hydroxylation is 3. The van der Waals surface area contributed by atoms with Gasteiger partial charge in [0.2, 0.25) is 0 Å². The number of ether oxygens (including phenoxy) is 1. The third-order valence-electron chi connectivity index (χ3n) is 7.57. The van der Waals surface area contributed by atoms with Crippen molar-refractivity contribution in [2.24, 2.45) is 13.0 Å². The average Bonchev–Trinajstić information content (AvgIpc) is 3.45. The molecule has 7 nitrogen and oxygen atoms in total. The van der Waals surface area contributed by atoms with Gasteiger partial charge in [0.05, 0.1) is 17.1 Å². The van der Waals surface area contributed by atoms with Crippen molar-refractivity contribution < 1.29 is 14.6 Å². The zero-order valence-corrected chi connectivity index (χ0v) is 21.7. The number of carbonyl (C=O) groups is 1. The van der Waals surface area contributed by atoms with Crippen LogP contribution in [0, 0.1) is 24.2 Å². The molecule has 1 atom stereocenters. The molecule has 186 valence electrons. The van der Waals surface area contributed by atoms with Gasteiger partial charge in [-0.3, -0.25) is 4.68 Å². The van der Waals surface area contributed by atoms with Gasteiger partial charge in [-0.1, -0.05) is 36.6 Å². The molecule has 1 aliphatic carbocycles. The Morgan fingerprint density at radius 3 is 2.63 bits per heavy atom. The quantitative estimate of drug-likeness (QED) is 0.512. The highest BCUT2D eigenvalue weighted by Gasteiger charge is 2.48. The second-order valence-electron chi connectivity index (χ2n) is 10.5. The Labute approximate surface area is 211 Å². The molecule has 8 heteroatoms. The van der Waals surface area contributed by atoms with Crippen LogP contribution in [0.2, 0.25) is 5.02 Å². The molecule has 0 radical (unpaired) electrons. The summed E-state index contributed by atoms with van der Waals surface area (Å²) in [5.41, 5.74) is 0.663. The number of aliphatic hydroxyl groups excluding tert-OH is 1. The molecule has 1 fully saturated rings. The molecule has 1 aromatic heterocycles. The molecule has 1 N–H and O–H groups in total. The lowest BCUT2D eigenvalue weighted by Crippen LogP contribution is -2.46. The monoisotopic (exact) mass is 496 g/mol. The Morgan fingerprint density at radius 1 is 1.34 bits per heavy atom. The van der Waals surface area contributed by atoms with Crippen molar-refractivity contribution in [2.45, 2.75) is 83.2 Å². The van der Waals surface area contributed by atoms with Crippen molar-refractivity contribution in [3.63, 3.8) is 0 Å². The fraction of sp³-hybridized carbons (Fsp3) is 0.556. The van der Waals surface area contributed by atoms with Crippen molar-refractivity contribution >= 4 is 17.6 Å². The van der Waals surface area contributed by atoms with E-state index in [9.17, 15) is 15.2 Å². The van der Waals surface area contributed by atoms with Crippen molar-refractivity contribution in [3.05, 3.63) is 57.3 Å². The number of esters is 1. The fourth-order valence-corrected chi connectivity index (χ4v) is 5.93. The highest BCUT2D eigenvalue weighted by atomic mass is 35.5. The van der Waals surface area contributed by atoms with Gasteiger partial charge < -0.3 is 9.84 Å². The second kappa shape index (κ2) is 9.66. The van der Waals surface area contributed by atoms with Gasteiger partial charge in [-0.05, 0) is 69.6 Å². The highest BCUT2D eigenvalue weighted by molar-refractivity contribution is 6.31. The normalized spacial score (nSPS) is 21.3. The molecule has 0 spiro atoms. The number of hydrogen-bond acceptors (Lipinski definition) is 6. The summed E-state index contributed by atoms with van der Waals surface area (Å²) in [5, 5.41) is 25.3. The van der Waals surface area contributed by atoms with Crippen LogP contribution in [0.1, 0.15) is 75.1 Å². The molecule has 35 heavy (non-hydrogen) atoms. The first kappa shape index (κ1) is 25.2. The number of benzene rings is 1. The summed E-state index contributed by atoms with van der Waals surface area (Å²) in [6.45, 7) is 5.49. The number of cyclic esters (lactones) is 1. The lowest BCUT2D eigenvalue weighted by Gasteiger charge is -2.42. The Hall–Kier alpha value is -2.85. The maximum absolute atomic E-state index is 13.2. The molecule has 0 amide bonds. The topological polar surface area (TPSA) is 101 Å². The number of aromatic nitrogens is 3. The van der Waals surface area contributed by atoms with Crippen LogP contribution in [-0.2, 0) is 34.8 Å². The average molecular weight is 497 g/mol. The lowest BCUT2D eigenvalue weighted by molar-refractivity contribution is -0.167. The number of aliphatic hydroxyl groups is 1. The van der Waals surface area contributed by atoms with Crippen LogP contribution >= 0.6 is 11.6 Å². The van der Waals surface area contributed by atoms with E-state index in [2.05, 4.69) is 16.2 Å². The molecule has 0 saturated heterocycles. The smallest absolute Gasteiger partial charge is 0.338 e. The van der Waals surface area contributed by atoms with E-state index in [0.29, 0.717) is 35.9 Å². The Morgan fingerprint density at radius 2 is 2.06 bits per heavy atom. The van der Waals surface area contributed by atoms with Crippen molar-refractivity contribution in [1.29, 1.82) is 5.26 Å². The summed E-state index contributed by atoms with van der Waals surface area (Å²) in [5.74, 6) is 1.07. The largest absolute Gasteiger partial charge is 0.512 e. The van der Waals surface area contributed by atoms with Gasteiger partial charge in [0.15, 0.2) is 0 Å². The van der Waals surface area contributed by atoms with Crippen LogP contribution < -0.4 is 0 Å². The number of hydrogen-bond donors (Lipinski definition) is 1. The fourth-order valence-electron chi connectivity index (χ4n) is 5.49. The van der Waals surface area contributed by atoms with Crippen LogP contribution in [0.4, 0.5) is 0 Å². The number of nitrogens with zero attached hydrogens (tertiary/aromatic N) is 4. The van der Waals surface area contributed by atoms with Gasteiger partial charge in [-0.2, -0.15) is 10.4 Å². The van der Waals surface area contributed by atoms with Crippen molar-refractivity contribution in [2.75, 3.05) is 0 Å². The Bertz CT molecular complexity index is 1200. The van der Waals surface area contributed by atoms with E-state index in [-0.39, 0.29) is 23.7 Å². The van der Waals surface area contributed by atoms with Gasteiger partial charge in [0.1, 0.15) is 23.0 Å². The zero-order chi connectivity index (χ0) is 25.4. The number of halogens is 1. The van der Waals surface area contributed by atoms with Crippen molar-refractivity contribution in [1.82, 2.24) is 14.8 Å². The van der Waals surface area contributed by atoms with E-state index in [1.807, 2.05) is 32.0 Å². The maximum atomic E-state index is 13.2. The van der Waals surface area contributed by atoms with Crippen LogP contribution in [0.3, 0.4) is 0 Å². The van der Waals surface area contributed by atoms with Gasteiger partial charge >= 0.3 is 5.97 Å². The summed E-state index contributed by atoms with van der Waals surface area (Å²) < 4.78 is 7.84. The molecule has 2 aliphatic rings. The summed E-state index contributed by atoms with van der Waals surface area (Å²) in [7, 11) is 1.78. The molecule has 1 saturated carbocycles. The minimum atomic E-state index is -0.742. The summed E-state index contributed by atoms with van der Waals surface area (Å²) >= 11 is 6.54. The first-order valence-electron chi connectivity index (χ1n) is 12.3. The molecule has 1 aliphatic heterocycles. The maximum Gasteiger partial charge on any atom is 0.338 e. The summed E-state index contributed by atoms with van der Waals surface area (Å²) in [4.78, 5) is 17.6. The molecule has 2 aromatic rings. The third kappa shape index (κ3) is 5.08. The minimum Gasteiger partial charge on any atom is -0.512 e. The number of nitriles is 1. The van der Waals surface area contributed by atoms with E-state index < -0.39 is 17.0 Å². The highest BCUT2D eigenvalue weighted by Crippen LogP contribution is 2.46.